The average molecular weight is 448 g/mol. The van der Waals surface area contributed by atoms with E-state index in [-0.39, 0.29) is 0 Å². The van der Waals surface area contributed by atoms with Gasteiger partial charge < -0.3 is 0 Å². The summed E-state index contributed by atoms with van der Waals surface area (Å²) < 4.78 is 4.96. The minimum absolute atomic E-state index is 1.20. The maximum atomic E-state index is 2.48. The van der Waals surface area contributed by atoms with Crippen molar-refractivity contribution in [3.05, 3.63) is 18.2 Å². The number of aryl methyl sites for hydroxylation is 2. The Hall–Kier alpha value is -0.790. The van der Waals surface area contributed by atoms with Gasteiger partial charge >= 0.3 is 0 Å². The Labute approximate surface area is 202 Å². The van der Waals surface area contributed by atoms with Crippen molar-refractivity contribution in [1.82, 2.24) is 4.57 Å². The summed E-state index contributed by atoms with van der Waals surface area (Å²) >= 11 is 0. The molecule has 0 aromatic carbocycles. The molecular formula is C30H59N2+. The van der Waals surface area contributed by atoms with Crippen molar-refractivity contribution in [2.75, 3.05) is 0 Å². The summed E-state index contributed by atoms with van der Waals surface area (Å²) in [6, 6.07) is 0. The Balaban J connectivity index is 1.95. The van der Waals surface area contributed by atoms with Gasteiger partial charge in [0.25, 0.3) is 5.82 Å². The smallest absolute Gasteiger partial charge is 0.234 e. The molecule has 0 saturated heterocycles. The van der Waals surface area contributed by atoms with E-state index in [0.717, 1.165) is 0 Å². The van der Waals surface area contributed by atoms with Crippen molar-refractivity contribution in [2.24, 2.45) is 0 Å². The fraction of sp³-hybridized carbons (Fsp3) is 0.900. The lowest BCUT2D eigenvalue weighted by Gasteiger charge is -2.04. The third-order valence-corrected chi connectivity index (χ3v) is 7.26. The second-order valence-electron chi connectivity index (χ2n) is 10.3. The van der Waals surface area contributed by atoms with Gasteiger partial charge in [-0.25, -0.2) is 9.13 Å². The summed E-state index contributed by atoms with van der Waals surface area (Å²) in [4.78, 5) is 0. The van der Waals surface area contributed by atoms with Crippen LogP contribution in [0.3, 0.4) is 0 Å². The van der Waals surface area contributed by atoms with Gasteiger partial charge in [-0.05, 0) is 25.7 Å². The third-order valence-electron chi connectivity index (χ3n) is 7.26. The van der Waals surface area contributed by atoms with E-state index in [1.54, 1.807) is 0 Å². The molecule has 0 aliphatic rings. The molecule has 2 nitrogen and oxygen atoms in total. The molecule has 0 amide bonds. The summed E-state index contributed by atoms with van der Waals surface area (Å²) in [5.74, 6) is 1.45. The largest absolute Gasteiger partial charge is 0.253 e. The van der Waals surface area contributed by atoms with Crippen LogP contribution >= 0.6 is 0 Å². The molecule has 1 heterocycles. The minimum atomic E-state index is 1.20. The number of imidazole rings is 1. The molecule has 1 rings (SSSR count). The highest BCUT2D eigenvalue weighted by Gasteiger charge is 2.11. The molecule has 0 unspecified atom stereocenters. The van der Waals surface area contributed by atoms with Gasteiger partial charge in [0.05, 0.1) is 13.1 Å². The highest BCUT2D eigenvalue weighted by atomic mass is 15.1. The molecule has 0 N–H and O–H groups in total. The van der Waals surface area contributed by atoms with Crippen LogP contribution in [-0.2, 0) is 13.1 Å². The first-order valence-electron chi connectivity index (χ1n) is 14.8. The topological polar surface area (TPSA) is 8.81 Å². The van der Waals surface area contributed by atoms with E-state index in [2.05, 4.69) is 42.3 Å². The summed E-state index contributed by atoms with van der Waals surface area (Å²) in [5.41, 5.74) is 0. The number of hydrogen-bond donors (Lipinski definition) is 0. The van der Waals surface area contributed by atoms with E-state index in [9.17, 15) is 0 Å². The van der Waals surface area contributed by atoms with Crippen LogP contribution in [0.4, 0.5) is 0 Å². The highest BCUT2D eigenvalue weighted by molar-refractivity contribution is 4.79. The Morgan fingerprint density at radius 2 is 0.906 bits per heavy atom. The molecule has 1 aromatic rings. The Morgan fingerprint density at radius 3 is 1.34 bits per heavy atom. The lowest BCUT2D eigenvalue weighted by molar-refractivity contribution is -0.702. The first-order chi connectivity index (χ1) is 15.8. The molecule has 188 valence electrons. The van der Waals surface area contributed by atoms with Crippen LogP contribution in [0.2, 0.25) is 0 Å². The Morgan fingerprint density at radius 1 is 0.531 bits per heavy atom. The van der Waals surface area contributed by atoms with E-state index < -0.39 is 0 Å². The summed E-state index contributed by atoms with van der Waals surface area (Å²) in [6.07, 6.45) is 36.0. The van der Waals surface area contributed by atoms with Gasteiger partial charge in [-0.15, -0.1) is 0 Å². The monoisotopic (exact) mass is 447 g/mol. The SMILES string of the molecule is CCCCCCCCCCCCCn1cc[n+](CCCCCCCCCCCCC)c1C. The van der Waals surface area contributed by atoms with Crippen molar-refractivity contribution < 1.29 is 4.57 Å². The third kappa shape index (κ3) is 15.9. The van der Waals surface area contributed by atoms with E-state index in [4.69, 9.17) is 0 Å². The Bertz CT molecular complexity index is 461. The summed E-state index contributed by atoms with van der Waals surface area (Å²) in [7, 11) is 0. The van der Waals surface area contributed by atoms with Crippen LogP contribution in [0.1, 0.15) is 161 Å². The average Bonchev–Trinajstić information content (AvgIpc) is 3.15. The van der Waals surface area contributed by atoms with Gasteiger partial charge in [0.15, 0.2) is 0 Å². The molecule has 0 spiro atoms. The molecule has 0 radical (unpaired) electrons. The number of hydrogen-bond acceptors (Lipinski definition) is 0. The van der Waals surface area contributed by atoms with Crippen molar-refractivity contribution in [3.63, 3.8) is 0 Å². The molecule has 1 aromatic heterocycles. The fourth-order valence-electron chi connectivity index (χ4n) is 4.91. The zero-order chi connectivity index (χ0) is 23.1. The van der Waals surface area contributed by atoms with Gasteiger partial charge in [-0.3, -0.25) is 0 Å². The number of nitrogens with zero attached hydrogens (tertiary/aromatic N) is 2. The van der Waals surface area contributed by atoms with Gasteiger partial charge in [0.2, 0.25) is 0 Å². The van der Waals surface area contributed by atoms with E-state index in [1.165, 1.54) is 160 Å². The zero-order valence-electron chi connectivity index (χ0n) is 22.5. The molecule has 0 bridgehead atoms. The second kappa shape index (κ2) is 22.0. The first kappa shape index (κ1) is 29.2. The lowest BCUT2D eigenvalue weighted by Crippen LogP contribution is -2.35. The van der Waals surface area contributed by atoms with E-state index in [1.807, 2.05) is 0 Å². The van der Waals surface area contributed by atoms with Crippen LogP contribution in [0.5, 0.6) is 0 Å². The molecule has 0 fully saturated rings. The van der Waals surface area contributed by atoms with E-state index >= 15 is 0 Å². The lowest BCUT2D eigenvalue weighted by atomic mass is 10.1. The zero-order valence-corrected chi connectivity index (χ0v) is 22.5. The van der Waals surface area contributed by atoms with Crippen LogP contribution in [-0.4, -0.2) is 4.57 Å². The summed E-state index contributed by atoms with van der Waals surface area (Å²) in [5, 5.41) is 0. The summed E-state index contributed by atoms with van der Waals surface area (Å²) in [6.45, 7) is 9.31. The first-order valence-corrected chi connectivity index (χ1v) is 14.8. The number of unbranched alkanes of at least 4 members (excludes halogenated alkanes) is 20. The van der Waals surface area contributed by atoms with Gasteiger partial charge in [0.1, 0.15) is 12.4 Å². The normalized spacial score (nSPS) is 11.5. The quantitative estimate of drug-likeness (QED) is 0.110. The second-order valence-corrected chi connectivity index (χ2v) is 10.3. The van der Waals surface area contributed by atoms with Crippen LogP contribution in [0.15, 0.2) is 12.4 Å². The molecule has 0 saturated carbocycles. The van der Waals surface area contributed by atoms with E-state index in [0.29, 0.717) is 0 Å². The molecule has 2 heteroatoms. The molecule has 0 atom stereocenters. The maximum absolute atomic E-state index is 2.48. The fourth-order valence-corrected chi connectivity index (χ4v) is 4.91. The van der Waals surface area contributed by atoms with Gasteiger partial charge in [-0.2, -0.15) is 0 Å². The highest BCUT2D eigenvalue weighted by Crippen LogP contribution is 2.13. The van der Waals surface area contributed by atoms with Gasteiger partial charge in [0, 0.05) is 6.92 Å². The predicted octanol–water partition coefficient (Wildman–Crippen LogP) is 9.71. The molecular weight excluding hydrogens is 388 g/mol. The standard InChI is InChI=1S/C30H59N2/c1-4-6-8-10-12-14-16-18-20-22-24-26-31-28-29-32(30(31)3)27-25-23-21-19-17-15-13-11-9-7-5-2/h28-29H,4-27H2,1-3H3/q+1. The Kier molecular flexibility index (Phi) is 20.1. The van der Waals surface area contributed by atoms with Crippen LogP contribution in [0.25, 0.3) is 0 Å². The van der Waals surface area contributed by atoms with Crippen LogP contribution < -0.4 is 4.57 Å². The van der Waals surface area contributed by atoms with Crippen molar-refractivity contribution in [2.45, 2.75) is 175 Å². The molecule has 32 heavy (non-hydrogen) atoms. The molecule has 0 aliphatic heterocycles. The van der Waals surface area contributed by atoms with Crippen LogP contribution in [0, 0.1) is 6.92 Å². The number of rotatable bonds is 24. The van der Waals surface area contributed by atoms with Crippen molar-refractivity contribution in [1.29, 1.82) is 0 Å². The van der Waals surface area contributed by atoms with Crippen molar-refractivity contribution in [3.8, 4) is 0 Å². The predicted molar refractivity (Wildman–Crippen MR) is 142 cm³/mol. The van der Waals surface area contributed by atoms with Crippen molar-refractivity contribution >= 4 is 0 Å². The molecule has 0 aliphatic carbocycles. The maximum Gasteiger partial charge on any atom is 0.253 e. The number of aromatic nitrogens is 2. The minimum Gasteiger partial charge on any atom is -0.234 e. The van der Waals surface area contributed by atoms with Gasteiger partial charge in [-0.1, -0.05) is 129 Å².